The molecule has 0 aromatic rings. The maximum absolute atomic E-state index is 11.7. The highest BCUT2D eigenvalue weighted by Gasteiger charge is 2.56. The maximum Gasteiger partial charge on any atom is 0.178 e. The summed E-state index contributed by atoms with van der Waals surface area (Å²) in [4.78, 5) is 11.7. The highest BCUT2D eigenvalue weighted by atomic mass is 16.3. The van der Waals surface area contributed by atoms with Gasteiger partial charge in [-0.05, 0) is 73.8 Å². The van der Waals surface area contributed by atoms with E-state index in [1.54, 1.807) is 6.08 Å². The Labute approximate surface area is 127 Å². The van der Waals surface area contributed by atoms with E-state index in [0.717, 1.165) is 18.3 Å². The van der Waals surface area contributed by atoms with Crippen LogP contribution in [0.5, 0.6) is 0 Å². The van der Waals surface area contributed by atoms with Gasteiger partial charge in [-0.3, -0.25) is 4.79 Å². The number of carbonyl (C=O) groups excluding carboxylic acids is 1. The SMILES string of the molecule is C[C@@]12CCC[C@H]1[C@@H]1CCC3=CC(=O)C=C[C@]3(CO)[C@H]1CC2. The number of hydrogen-bond donors (Lipinski definition) is 1. The molecule has 4 aliphatic carbocycles. The Morgan fingerprint density at radius 3 is 2.90 bits per heavy atom. The molecule has 114 valence electrons. The summed E-state index contributed by atoms with van der Waals surface area (Å²) in [6.45, 7) is 2.67. The summed E-state index contributed by atoms with van der Waals surface area (Å²) in [5.74, 6) is 2.23. The van der Waals surface area contributed by atoms with Crippen LogP contribution in [0.1, 0.15) is 51.9 Å². The van der Waals surface area contributed by atoms with E-state index in [9.17, 15) is 9.90 Å². The average Bonchev–Trinajstić information content (AvgIpc) is 2.88. The van der Waals surface area contributed by atoms with Gasteiger partial charge in [0.15, 0.2) is 5.78 Å². The molecule has 0 bridgehead atoms. The molecule has 5 atom stereocenters. The third kappa shape index (κ3) is 1.78. The maximum atomic E-state index is 11.7. The predicted molar refractivity (Wildman–Crippen MR) is 82.6 cm³/mol. The quantitative estimate of drug-likeness (QED) is 0.799. The van der Waals surface area contributed by atoms with Crippen molar-refractivity contribution < 1.29 is 9.90 Å². The zero-order valence-corrected chi connectivity index (χ0v) is 13.0. The molecule has 0 amide bonds. The van der Waals surface area contributed by atoms with E-state index >= 15 is 0 Å². The number of carbonyl (C=O) groups is 1. The highest BCUT2D eigenvalue weighted by molar-refractivity contribution is 6.01. The van der Waals surface area contributed by atoms with Crippen molar-refractivity contribution in [2.45, 2.75) is 51.9 Å². The van der Waals surface area contributed by atoms with Crippen LogP contribution in [0.3, 0.4) is 0 Å². The van der Waals surface area contributed by atoms with Gasteiger partial charge in [-0.25, -0.2) is 0 Å². The molecule has 1 N–H and O–H groups in total. The molecule has 0 heterocycles. The van der Waals surface area contributed by atoms with Crippen LogP contribution in [-0.2, 0) is 4.79 Å². The minimum atomic E-state index is -0.221. The molecular formula is C19H26O2. The Kier molecular flexibility index (Phi) is 2.98. The van der Waals surface area contributed by atoms with Gasteiger partial charge in [0, 0.05) is 5.41 Å². The lowest BCUT2D eigenvalue weighted by Gasteiger charge is -2.56. The van der Waals surface area contributed by atoms with Gasteiger partial charge in [-0.1, -0.05) is 25.0 Å². The summed E-state index contributed by atoms with van der Waals surface area (Å²) in [5.41, 5.74) is 1.54. The number of allylic oxidation sites excluding steroid dienone is 2. The number of fused-ring (bicyclic) bond motifs is 5. The minimum Gasteiger partial charge on any atom is -0.395 e. The van der Waals surface area contributed by atoms with E-state index in [0.29, 0.717) is 11.3 Å². The van der Waals surface area contributed by atoms with Gasteiger partial charge in [0.25, 0.3) is 0 Å². The molecule has 0 spiro atoms. The zero-order chi connectivity index (χ0) is 14.7. The average molecular weight is 286 g/mol. The van der Waals surface area contributed by atoms with Crippen molar-refractivity contribution in [2.75, 3.05) is 6.61 Å². The van der Waals surface area contributed by atoms with Crippen molar-refractivity contribution in [3.05, 3.63) is 23.8 Å². The van der Waals surface area contributed by atoms with Crippen molar-refractivity contribution in [1.29, 1.82) is 0 Å². The second kappa shape index (κ2) is 4.55. The fourth-order valence-electron chi connectivity index (χ4n) is 6.28. The Morgan fingerprint density at radius 1 is 1.24 bits per heavy atom. The monoisotopic (exact) mass is 286 g/mol. The lowest BCUT2D eigenvalue weighted by atomic mass is 9.48. The first-order chi connectivity index (χ1) is 10.1. The fraction of sp³-hybridized carbons (Fsp3) is 0.737. The van der Waals surface area contributed by atoms with Crippen LogP contribution in [0.25, 0.3) is 0 Å². The molecule has 2 nitrogen and oxygen atoms in total. The van der Waals surface area contributed by atoms with Crippen LogP contribution < -0.4 is 0 Å². The van der Waals surface area contributed by atoms with Gasteiger partial charge in [0.05, 0.1) is 6.61 Å². The summed E-state index contributed by atoms with van der Waals surface area (Å²) in [7, 11) is 0. The molecular weight excluding hydrogens is 260 g/mol. The molecule has 3 saturated carbocycles. The molecule has 4 rings (SSSR count). The van der Waals surface area contributed by atoms with E-state index < -0.39 is 0 Å². The first-order valence-corrected chi connectivity index (χ1v) is 8.64. The van der Waals surface area contributed by atoms with Crippen molar-refractivity contribution in [2.24, 2.45) is 28.6 Å². The van der Waals surface area contributed by atoms with Crippen molar-refractivity contribution in [3.8, 4) is 0 Å². The number of aliphatic hydroxyl groups is 1. The van der Waals surface area contributed by atoms with Crippen LogP contribution in [0.4, 0.5) is 0 Å². The second-order valence-electron chi connectivity index (χ2n) is 8.10. The molecule has 21 heavy (non-hydrogen) atoms. The third-order valence-corrected chi connectivity index (χ3v) is 7.35. The highest BCUT2D eigenvalue weighted by Crippen LogP contribution is 2.64. The van der Waals surface area contributed by atoms with Crippen molar-refractivity contribution in [1.82, 2.24) is 0 Å². The summed E-state index contributed by atoms with van der Waals surface area (Å²) in [6.07, 6.45) is 14.5. The van der Waals surface area contributed by atoms with Gasteiger partial charge in [-0.15, -0.1) is 0 Å². The predicted octanol–water partition coefficient (Wildman–Crippen LogP) is 3.66. The van der Waals surface area contributed by atoms with E-state index in [1.165, 1.54) is 44.1 Å². The van der Waals surface area contributed by atoms with Crippen molar-refractivity contribution in [3.63, 3.8) is 0 Å². The normalized spacial score (nSPS) is 48.4. The molecule has 0 aliphatic heterocycles. The zero-order valence-electron chi connectivity index (χ0n) is 13.0. The third-order valence-electron chi connectivity index (χ3n) is 7.35. The first-order valence-electron chi connectivity index (χ1n) is 8.64. The Morgan fingerprint density at radius 2 is 2.10 bits per heavy atom. The van der Waals surface area contributed by atoms with Crippen molar-refractivity contribution >= 4 is 5.78 Å². The lowest BCUT2D eigenvalue weighted by molar-refractivity contribution is -0.111. The standard InChI is InChI=1S/C19H26O2/c1-18-8-2-3-16(18)15-5-4-13-11-14(21)6-10-19(13,12-20)17(15)7-9-18/h6,10-11,15-17,20H,2-5,7-9,12H2,1H3/t15-,16-,17-,18-,19+/m0/s1. The summed E-state index contributed by atoms with van der Waals surface area (Å²) in [6, 6.07) is 0. The largest absolute Gasteiger partial charge is 0.395 e. The van der Waals surface area contributed by atoms with E-state index in [4.69, 9.17) is 0 Å². The number of aliphatic hydroxyl groups excluding tert-OH is 1. The first kappa shape index (κ1) is 13.8. The van der Waals surface area contributed by atoms with Gasteiger partial charge in [0.1, 0.15) is 0 Å². The van der Waals surface area contributed by atoms with E-state index in [2.05, 4.69) is 13.0 Å². The lowest BCUT2D eigenvalue weighted by Crippen LogP contribution is -2.50. The molecule has 3 fully saturated rings. The van der Waals surface area contributed by atoms with E-state index in [-0.39, 0.29) is 17.8 Å². The smallest absolute Gasteiger partial charge is 0.178 e. The number of hydrogen-bond acceptors (Lipinski definition) is 2. The minimum absolute atomic E-state index is 0.106. The summed E-state index contributed by atoms with van der Waals surface area (Å²) in [5, 5.41) is 10.2. The van der Waals surface area contributed by atoms with E-state index in [1.807, 2.05) is 6.08 Å². The van der Waals surface area contributed by atoms with Crippen LogP contribution in [0.15, 0.2) is 23.8 Å². The van der Waals surface area contributed by atoms with Gasteiger partial charge >= 0.3 is 0 Å². The van der Waals surface area contributed by atoms with Crippen LogP contribution in [0, 0.1) is 28.6 Å². The van der Waals surface area contributed by atoms with Gasteiger partial charge in [0.2, 0.25) is 0 Å². The molecule has 0 aromatic heterocycles. The Hall–Kier alpha value is -0.890. The molecule has 4 aliphatic rings. The fourth-order valence-corrected chi connectivity index (χ4v) is 6.28. The van der Waals surface area contributed by atoms with Crippen LogP contribution >= 0.6 is 0 Å². The second-order valence-corrected chi connectivity index (χ2v) is 8.10. The number of rotatable bonds is 1. The molecule has 2 heteroatoms. The molecule has 0 saturated heterocycles. The topological polar surface area (TPSA) is 37.3 Å². The number of ketones is 1. The molecule has 0 aromatic carbocycles. The Balaban J connectivity index is 1.73. The van der Waals surface area contributed by atoms with Crippen LogP contribution in [0.2, 0.25) is 0 Å². The Bertz CT molecular complexity index is 532. The van der Waals surface area contributed by atoms with Gasteiger partial charge in [-0.2, -0.15) is 0 Å². The summed E-state index contributed by atoms with van der Waals surface area (Å²) >= 11 is 0. The summed E-state index contributed by atoms with van der Waals surface area (Å²) < 4.78 is 0. The molecule has 0 unspecified atom stereocenters. The molecule has 0 radical (unpaired) electrons. The van der Waals surface area contributed by atoms with Crippen LogP contribution in [-0.4, -0.2) is 17.5 Å². The van der Waals surface area contributed by atoms with Gasteiger partial charge < -0.3 is 5.11 Å².